The van der Waals surface area contributed by atoms with Gasteiger partial charge < -0.3 is 4.90 Å². The lowest BCUT2D eigenvalue weighted by atomic mass is 10.1. The number of nitrogens with zero attached hydrogens (tertiary/aromatic N) is 2. The van der Waals surface area contributed by atoms with Gasteiger partial charge in [-0.15, -0.1) is 0 Å². The van der Waals surface area contributed by atoms with Gasteiger partial charge in [-0.05, 0) is 41.8 Å². The zero-order valence-electron chi connectivity index (χ0n) is 11.2. The first kappa shape index (κ1) is 12.5. The average molecular weight is 266 g/mol. The van der Waals surface area contributed by atoms with Gasteiger partial charge in [0, 0.05) is 12.4 Å². The molecule has 20 heavy (non-hydrogen) atoms. The molecule has 2 heterocycles. The van der Waals surface area contributed by atoms with Gasteiger partial charge in [0.25, 0.3) is 11.7 Å². The molecule has 0 aliphatic carbocycles. The van der Waals surface area contributed by atoms with Crippen LogP contribution >= 0.6 is 0 Å². The van der Waals surface area contributed by atoms with Crippen molar-refractivity contribution in [1.29, 1.82) is 0 Å². The van der Waals surface area contributed by atoms with Gasteiger partial charge >= 0.3 is 0 Å². The summed E-state index contributed by atoms with van der Waals surface area (Å²) in [7, 11) is 0. The molecule has 4 nitrogen and oxygen atoms in total. The fourth-order valence-electron chi connectivity index (χ4n) is 2.40. The second-order valence-electron chi connectivity index (χ2n) is 4.78. The monoisotopic (exact) mass is 266 g/mol. The maximum Gasteiger partial charge on any atom is 0.299 e. The third kappa shape index (κ3) is 1.99. The number of anilines is 1. The van der Waals surface area contributed by atoms with Crippen molar-refractivity contribution in [3.63, 3.8) is 0 Å². The lowest BCUT2D eigenvalue weighted by Gasteiger charge is -2.16. The van der Waals surface area contributed by atoms with Crippen molar-refractivity contribution >= 4 is 17.4 Å². The normalized spacial score (nSPS) is 13.8. The zero-order chi connectivity index (χ0) is 14.1. The van der Waals surface area contributed by atoms with E-state index in [-0.39, 0.29) is 0 Å². The first-order chi connectivity index (χ1) is 9.70. The Bertz CT molecular complexity index is 680. The molecule has 1 aromatic heterocycles. The van der Waals surface area contributed by atoms with E-state index in [1.165, 1.54) is 4.90 Å². The van der Waals surface area contributed by atoms with Crippen molar-refractivity contribution in [2.45, 2.75) is 19.9 Å². The molecule has 1 aliphatic heterocycles. The van der Waals surface area contributed by atoms with Crippen LogP contribution in [0.1, 0.15) is 28.4 Å². The Morgan fingerprint density at radius 3 is 2.50 bits per heavy atom. The summed E-state index contributed by atoms with van der Waals surface area (Å²) in [5.41, 5.74) is 3.24. The average Bonchev–Trinajstić information content (AvgIpc) is 2.73. The van der Waals surface area contributed by atoms with Gasteiger partial charge in [0.15, 0.2) is 0 Å². The Balaban J connectivity index is 1.98. The van der Waals surface area contributed by atoms with Gasteiger partial charge in [0.05, 0.1) is 17.8 Å². The maximum atomic E-state index is 12.1. The molecular weight excluding hydrogens is 252 g/mol. The summed E-state index contributed by atoms with van der Waals surface area (Å²) in [5, 5.41) is 0. The molecular formula is C16H14N2O2. The Kier molecular flexibility index (Phi) is 3.06. The fourth-order valence-corrected chi connectivity index (χ4v) is 2.40. The van der Waals surface area contributed by atoms with Crippen LogP contribution < -0.4 is 4.90 Å². The molecule has 0 radical (unpaired) electrons. The predicted molar refractivity (Wildman–Crippen MR) is 75.6 cm³/mol. The molecule has 0 saturated carbocycles. The SMILES string of the molecule is CCc1ccc2c(c1)C(=O)C(=O)N2Cc1ccncc1. The number of fused-ring (bicyclic) bond motifs is 1. The van der Waals surface area contributed by atoms with Gasteiger partial charge in [-0.3, -0.25) is 14.6 Å². The summed E-state index contributed by atoms with van der Waals surface area (Å²) in [6, 6.07) is 9.33. The zero-order valence-corrected chi connectivity index (χ0v) is 11.2. The molecule has 4 heteroatoms. The number of carbonyl (C=O) groups is 2. The van der Waals surface area contributed by atoms with E-state index in [1.807, 2.05) is 37.3 Å². The largest absolute Gasteiger partial charge is 0.300 e. The number of Topliss-reactive ketones (excluding diaryl/α,β-unsaturated/α-hetero) is 1. The van der Waals surface area contributed by atoms with Crippen LogP contribution in [-0.4, -0.2) is 16.7 Å². The standard InChI is InChI=1S/C16H14N2O2/c1-2-11-3-4-14-13(9-11)15(19)16(20)18(14)10-12-5-7-17-8-6-12/h3-9H,2,10H2,1H3. The molecule has 3 rings (SSSR count). The number of pyridine rings is 1. The van der Waals surface area contributed by atoms with Gasteiger partial charge in [-0.1, -0.05) is 13.0 Å². The van der Waals surface area contributed by atoms with Crippen LogP contribution in [0, 0.1) is 0 Å². The topological polar surface area (TPSA) is 50.3 Å². The van der Waals surface area contributed by atoms with Crippen LogP contribution in [0.5, 0.6) is 0 Å². The maximum absolute atomic E-state index is 12.1. The minimum atomic E-state index is -0.454. The summed E-state index contributed by atoms with van der Waals surface area (Å²) in [5.74, 6) is -0.866. The first-order valence-corrected chi connectivity index (χ1v) is 6.58. The van der Waals surface area contributed by atoms with Crippen molar-refractivity contribution in [3.05, 3.63) is 59.4 Å². The van der Waals surface area contributed by atoms with Crippen molar-refractivity contribution in [1.82, 2.24) is 4.98 Å². The summed E-state index contributed by atoms with van der Waals surface area (Å²) >= 11 is 0. The van der Waals surface area contributed by atoms with Crippen LogP contribution in [-0.2, 0) is 17.8 Å². The molecule has 0 bridgehead atoms. The Hall–Kier alpha value is -2.49. The fraction of sp³-hybridized carbons (Fsp3) is 0.188. The number of ketones is 1. The highest BCUT2D eigenvalue weighted by Gasteiger charge is 2.35. The van der Waals surface area contributed by atoms with Crippen LogP contribution in [0.25, 0.3) is 0 Å². The first-order valence-electron chi connectivity index (χ1n) is 6.58. The second kappa shape index (κ2) is 4.89. The molecule has 100 valence electrons. The van der Waals surface area contributed by atoms with Crippen LogP contribution in [0.3, 0.4) is 0 Å². The van der Waals surface area contributed by atoms with E-state index >= 15 is 0 Å². The molecule has 0 fully saturated rings. The van der Waals surface area contributed by atoms with E-state index in [2.05, 4.69) is 4.98 Å². The smallest absolute Gasteiger partial charge is 0.299 e. The molecule has 0 unspecified atom stereocenters. The van der Waals surface area contributed by atoms with Crippen LogP contribution in [0.2, 0.25) is 0 Å². The molecule has 1 aromatic carbocycles. The molecule has 0 N–H and O–H groups in total. The van der Waals surface area contributed by atoms with Gasteiger partial charge in [0.1, 0.15) is 0 Å². The number of amides is 1. The number of benzene rings is 1. The summed E-state index contributed by atoms with van der Waals surface area (Å²) in [4.78, 5) is 29.7. The summed E-state index contributed by atoms with van der Waals surface area (Å²) < 4.78 is 0. The van der Waals surface area contributed by atoms with Crippen molar-refractivity contribution < 1.29 is 9.59 Å². The Morgan fingerprint density at radius 1 is 1.05 bits per heavy atom. The third-order valence-corrected chi connectivity index (χ3v) is 3.53. The number of hydrogen-bond acceptors (Lipinski definition) is 3. The molecule has 2 aromatic rings. The number of rotatable bonds is 3. The molecule has 1 amide bonds. The van der Waals surface area contributed by atoms with Crippen molar-refractivity contribution in [3.8, 4) is 0 Å². The lowest BCUT2D eigenvalue weighted by Crippen LogP contribution is -2.29. The minimum absolute atomic E-state index is 0.394. The molecule has 0 saturated heterocycles. The van der Waals surface area contributed by atoms with Gasteiger partial charge in [0.2, 0.25) is 0 Å². The van der Waals surface area contributed by atoms with Crippen molar-refractivity contribution in [2.24, 2.45) is 0 Å². The number of carbonyl (C=O) groups excluding carboxylic acids is 2. The number of aromatic nitrogens is 1. The molecule has 0 atom stereocenters. The molecule has 0 spiro atoms. The van der Waals surface area contributed by atoms with E-state index in [9.17, 15) is 9.59 Å². The van der Waals surface area contributed by atoms with Crippen LogP contribution in [0.15, 0.2) is 42.7 Å². The summed E-state index contributed by atoms with van der Waals surface area (Å²) in [6.07, 6.45) is 4.21. The highest BCUT2D eigenvalue weighted by molar-refractivity contribution is 6.52. The highest BCUT2D eigenvalue weighted by atomic mass is 16.2. The second-order valence-corrected chi connectivity index (χ2v) is 4.78. The van der Waals surface area contributed by atoms with E-state index in [4.69, 9.17) is 0 Å². The van der Waals surface area contributed by atoms with Gasteiger partial charge in [-0.2, -0.15) is 0 Å². The predicted octanol–water partition coefficient (Wildman–Crippen LogP) is 2.37. The Morgan fingerprint density at radius 2 is 1.80 bits per heavy atom. The van der Waals surface area contributed by atoms with E-state index in [1.54, 1.807) is 12.4 Å². The quantitative estimate of drug-likeness (QED) is 0.801. The van der Waals surface area contributed by atoms with Gasteiger partial charge in [-0.25, -0.2) is 0 Å². The minimum Gasteiger partial charge on any atom is -0.300 e. The lowest BCUT2D eigenvalue weighted by molar-refractivity contribution is -0.114. The summed E-state index contributed by atoms with van der Waals surface area (Å²) in [6.45, 7) is 2.42. The third-order valence-electron chi connectivity index (χ3n) is 3.53. The van der Waals surface area contributed by atoms with Crippen molar-refractivity contribution in [2.75, 3.05) is 4.90 Å². The van der Waals surface area contributed by atoms with E-state index in [0.29, 0.717) is 17.8 Å². The van der Waals surface area contributed by atoms with E-state index in [0.717, 1.165) is 17.5 Å². The highest BCUT2D eigenvalue weighted by Crippen LogP contribution is 2.31. The number of aryl methyl sites for hydroxylation is 1. The Labute approximate surface area is 117 Å². The molecule has 1 aliphatic rings. The number of hydrogen-bond donors (Lipinski definition) is 0. The van der Waals surface area contributed by atoms with Crippen LogP contribution in [0.4, 0.5) is 5.69 Å². The van der Waals surface area contributed by atoms with E-state index < -0.39 is 11.7 Å².